The van der Waals surface area contributed by atoms with E-state index in [0.717, 1.165) is 50.3 Å². The van der Waals surface area contributed by atoms with Crippen molar-refractivity contribution in [3.05, 3.63) is 11.9 Å². The van der Waals surface area contributed by atoms with Gasteiger partial charge in [-0.25, -0.2) is 9.97 Å². The summed E-state index contributed by atoms with van der Waals surface area (Å²) in [7, 11) is 0. The van der Waals surface area contributed by atoms with Crippen LogP contribution in [0.3, 0.4) is 0 Å². The van der Waals surface area contributed by atoms with E-state index >= 15 is 0 Å². The number of nitrogens with one attached hydrogen (secondary N) is 1. The molecule has 0 radical (unpaired) electrons. The summed E-state index contributed by atoms with van der Waals surface area (Å²) in [6.07, 6.45) is 0. The smallest absolute Gasteiger partial charge is 0.135 e. The van der Waals surface area contributed by atoms with Crippen LogP contribution in [0.1, 0.15) is 46.4 Å². The van der Waals surface area contributed by atoms with E-state index in [4.69, 9.17) is 4.74 Å². The molecule has 1 heterocycles. The number of aromatic nitrogens is 2. The first-order chi connectivity index (χ1) is 9.62. The van der Waals surface area contributed by atoms with Crippen LogP contribution in [-0.2, 0) is 4.74 Å². The summed E-state index contributed by atoms with van der Waals surface area (Å²) in [6, 6.07) is 2.02. The zero-order valence-electron chi connectivity index (χ0n) is 13.4. The minimum absolute atomic E-state index is 0.318. The van der Waals surface area contributed by atoms with Gasteiger partial charge in [-0.3, -0.25) is 0 Å². The van der Waals surface area contributed by atoms with Crippen molar-refractivity contribution in [2.24, 2.45) is 0 Å². The third-order valence-electron chi connectivity index (χ3n) is 3.02. The van der Waals surface area contributed by atoms with Gasteiger partial charge >= 0.3 is 0 Å². The van der Waals surface area contributed by atoms with E-state index in [-0.39, 0.29) is 0 Å². The molecule has 0 unspecified atom stereocenters. The standard InChI is InChI=1S/C15H28N4O/c1-6-16-13-11-14(18-15(17-13)12(4)5)19(7-2)9-10-20-8-3/h11-12H,6-10H2,1-5H3,(H,16,17,18). The molecule has 1 aromatic rings. The molecule has 0 fully saturated rings. The van der Waals surface area contributed by atoms with Crippen LogP contribution in [0, 0.1) is 0 Å². The van der Waals surface area contributed by atoms with Gasteiger partial charge in [0.05, 0.1) is 6.61 Å². The first kappa shape index (κ1) is 16.7. The van der Waals surface area contributed by atoms with Crippen LogP contribution >= 0.6 is 0 Å². The number of likely N-dealkylation sites (N-methyl/N-ethyl adjacent to an activating group) is 1. The van der Waals surface area contributed by atoms with Crippen molar-refractivity contribution < 1.29 is 4.74 Å². The lowest BCUT2D eigenvalue weighted by Crippen LogP contribution is -2.28. The lowest BCUT2D eigenvalue weighted by molar-refractivity contribution is 0.154. The van der Waals surface area contributed by atoms with Gasteiger partial charge < -0.3 is 15.0 Å². The highest BCUT2D eigenvalue weighted by molar-refractivity contribution is 5.49. The van der Waals surface area contributed by atoms with Crippen molar-refractivity contribution in [2.75, 3.05) is 43.1 Å². The predicted octanol–water partition coefficient (Wildman–Crippen LogP) is 2.89. The van der Waals surface area contributed by atoms with Gasteiger partial charge in [-0.2, -0.15) is 0 Å². The van der Waals surface area contributed by atoms with E-state index in [1.54, 1.807) is 0 Å². The number of rotatable bonds is 9. The fraction of sp³-hybridized carbons (Fsp3) is 0.733. The Morgan fingerprint density at radius 2 is 2.00 bits per heavy atom. The first-order valence-corrected chi connectivity index (χ1v) is 7.57. The highest BCUT2D eigenvalue weighted by Crippen LogP contribution is 2.19. The summed E-state index contributed by atoms with van der Waals surface area (Å²) in [5.41, 5.74) is 0. The van der Waals surface area contributed by atoms with Gasteiger partial charge in [0.15, 0.2) is 0 Å². The van der Waals surface area contributed by atoms with Crippen LogP contribution in [-0.4, -0.2) is 42.8 Å². The molecule has 0 aromatic carbocycles. The second kappa shape index (κ2) is 8.74. The Hall–Kier alpha value is -1.36. The summed E-state index contributed by atoms with van der Waals surface area (Å²) in [4.78, 5) is 11.5. The molecule has 5 nitrogen and oxygen atoms in total. The predicted molar refractivity (Wildman–Crippen MR) is 84.7 cm³/mol. The SMILES string of the molecule is CCNc1cc(N(CC)CCOCC)nc(C(C)C)n1. The van der Waals surface area contributed by atoms with Gasteiger partial charge in [-0.1, -0.05) is 13.8 Å². The van der Waals surface area contributed by atoms with E-state index in [9.17, 15) is 0 Å². The van der Waals surface area contributed by atoms with Crippen molar-refractivity contribution in [1.82, 2.24) is 9.97 Å². The van der Waals surface area contributed by atoms with Gasteiger partial charge in [-0.05, 0) is 20.8 Å². The quantitative estimate of drug-likeness (QED) is 0.705. The average Bonchev–Trinajstić information content (AvgIpc) is 2.43. The van der Waals surface area contributed by atoms with Crippen LogP contribution in [0.25, 0.3) is 0 Å². The largest absolute Gasteiger partial charge is 0.380 e. The molecule has 0 aliphatic rings. The maximum absolute atomic E-state index is 5.44. The molecule has 0 bridgehead atoms. The summed E-state index contributed by atoms with van der Waals surface area (Å²) >= 11 is 0. The summed E-state index contributed by atoms with van der Waals surface area (Å²) in [5.74, 6) is 3.07. The Bertz CT molecular complexity index is 395. The summed E-state index contributed by atoms with van der Waals surface area (Å²) < 4.78 is 5.44. The molecule has 0 spiro atoms. The molecule has 0 atom stereocenters. The number of hydrogen-bond donors (Lipinski definition) is 1. The molecule has 0 aliphatic heterocycles. The minimum Gasteiger partial charge on any atom is -0.380 e. The molecule has 1 N–H and O–H groups in total. The third-order valence-corrected chi connectivity index (χ3v) is 3.02. The van der Waals surface area contributed by atoms with Gasteiger partial charge in [0.2, 0.25) is 0 Å². The zero-order valence-corrected chi connectivity index (χ0v) is 13.4. The van der Waals surface area contributed by atoms with Gasteiger partial charge in [0, 0.05) is 38.2 Å². The highest BCUT2D eigenvalue weighted by atomic mass is 16.5. The van der Waals surface area contributed by atoms with E-state index in [1.807, 2.05) is 13.0 Å². The Morgan fingerprint density at radius 3 is 2.55 bits per heavy atom. The molecular weight excluding hydrogens is 252 g/mol. The second-order valence-electron chi connectivity index (χ2n) is 4.93. The topological polar surface area (TPSA) is 50.3 Å². The minimum atomic E-state index is 0.318. The Kier molecular flexibility index (Phi) is 7.30. The Balaban J connectivity index is 2.94. The van der Waals surface area contributed by atoms with E-state index in [0.29, 0.717) is 5.92 Å². The third kappa shape index (κ3) is 4.96. The van der Waals surface area contributed by atoms with Crippen molar-refractivity contribution >= 4 is 11.6 Å². The number of anilines is 2. The summed E-state index contributed by atoms with van der Waals surface area (Å²) in [5, 5.41) is 3.28. The van der Waals surface area contributed by atoms with E-state index < -0.39 is 0 Å². The summed E-state index contributed by atoms with van der Waals surface area (Å²) in [6.45, 7) is 14.6. The molecular formula is C15H28N4O. The average molecular weight is 280 g/mol. The Labute approximate surface area is 122 Å². The number of nitrogens with zero attached hydrogens (tertiary/aromatic N) is 3. The molecule has 0 saturated carbocycles. The number of ether oxygens (including phenoxy) is 1. The van der Waals surface area contributed by atoms with Gasteiger partial charge in [-0.15, -0.1) is 0 Å². The highest BCUT2D eigenvalue weighted by Gasteiger charge is 2.12. The second-order valence-corrected chi connectivity index (χ2v) is 4.93. The monoisotopic (exact) mass is 280 g/mol. The maximum atomic E-state index is 5.44. The van der Waals surface area contributed by atoms with Crippen LogP contribution in [0.15, 0.2) is 6.07 Å². The van der Waals surface area contributed by atoms with Crippen molar-refractivity contribution in [1.29, 1.82) is 0 Å². The fourth-order valence-electron chi connectivity index (χ4n) is 1.90. The Morgan fingerprint density at radius 1 is 1.25 bits per heavy atom. The lowest BCUT2D eigenvalue weighted by Gasteiger charge is -2.23. The lowest BCUT2D eigenvalue weighted by atomic mass is 10.2. The zero-order chi connectivity index (χ0) is 15.0. The normalized spacial score (nSPS) is 10.9. The molecule has 0 aliphatic carbocycles. The molecule has 1 rings (SSSR count). The van der Waals surface area contributed by atoms with E-state index in [1.165, 1.54) is 0 Å². The van der Waals surface area contributed by atoms with Crippen molar-refractivity contribution in [3.8, 4) is 0 Å². The van der Waals surface area contributed by atoms with Gasteiger partial charge in [0.25, 0.3) is 0 Å². The van der Waals surface area contributed by atoms with Gasteiger partial charge in [0.1, 0.15) is 17.5 Å². The van der Waals surface area contributed by atoms with Crippen LogP contribution < -0.4 is 10.2 Å². The van der Waals surface area contributed by atoms with Crippen LogP contribution in [0.2, 0.25) is 0 Å². The maximum Gasteiger partial charge on any atom is 0.135 e. The number of hydrogen-bond acceptors (Lipinski definition) is 5. The fourth-order valence-corrected chi connectivity index (χ4v) is 1.90. The first-order valence-electron chi connectivity index (χ1n) is 7.57. The molecule has 0 amide bonds. The van der Waals surface area contributed by atoms with Crippen LogP contribution in [0.5, 0.6) is 0 Å². The van der Waals surface area contributed by atoms with E-state index in [2.05, 4.69) is 47.9 Å². The molecule has 114 valence electrons. The van der Waals surface area contributed by atoms with Crippen molar-refractivity contribution in [3.63, 3.8) is 0 Å². The molecule has 20 heavy (non-hydrogen) atoms. The molecule has 1 aromatic heterocycles. The molecule has 0 saturated heterocycles. The molecule has 5 heteroatoms. The van der Waals surface area contributed by atoms with Crippen molar-refractivity contribution in [2.45, 2.75) is 40.5 Å². The van der Waals surface area contributed by atoms with Crippen LogP contribution in [0.4, 0.5) is 11.6 Å².